The van der Waals surface area contributed by atoms with Crippen LogP contribution in [0.15, 0.2) is 0 Å². The summed E-state index contributed by atoms with van der Waals surface area (Å²) >= 11 is 0. The van der Waals surface area contributed by atoms with Crippen molar-refractivity contribution in [3.63, 3.8) is 0 Å². The first kappa shape index (κ1) is 30.4. The van der Waals surface area contributed by atoms with Gasteiger partial charge in [-0.2, -0.15) is 0 Å². The van der Waals surface area contributed by atoms with E-state index in [9.17, 15) is 9.59 Å². The molecule has 0 saturated carbocycles. The van der Waals surface area contributed by atoms with E-state index in [1.165, 1.54) is 64.2 Å². The maximum Gasteiger partial charge on any atom is 0.119 e. The first-order valence-electron chi connectivity index (χ1n) is 12.0. The first-order valence-corrected chi connectivity index (χ1v) is 12.0. The van der Waals surface area contributed by atoms with Crippen molar-refractivity contribution in [2.75, 3.05) is 27.2 Å². The second-order valence-corrected chi connectivity index (χ2v) is 8.01. The van der Waals surface area contributed by atoms with E-state index < -0.39 is 0 Å². The highest BCUT2D eigenvalue weighted by atomic mass is 16.3. The van der Waals surface area contributed by atoms with Gasteiger partial charge in [-0.15, -0.1) is 0 Å². The Balaban J connectivity index is 0. The van der Waals surface area contributed by atoms with E-state index in [0.717, 1.165) is 64.2 Å². The number of aldehydes is 2. The minimum absolute atomic E-state index is 0.153. The van der Waals surface area contributed by atoms with Crippen LogP contribution < -0.4 is 5.32 Å². The quantitative estimate of drug-likeness (QED) is 0.271. The molecule has 2 N–H and O–H groups in total. The van der Waals surface area contributed by atoms with E-state index in [-0.39, 0.29) is 6.23 Å². The molecule has 1 fully saturated rings. The Morgan fingerprint density at radius 3 is 1.69 bits per heavy atom. The maximum atomic E-state index is 10.0. The molecule has 1 rings (SSSR count). The summed E-state index contributed by atoms with van der Waals surface area (Å²) in [5.74, 6) is 0. The normalized spacial score (nSPS) is 15.8. The van der Waals surface area contributed by atoms with Gasteiger partial charge in [0.15, 0.2) is 0 Å². The summed E-state index contributed by atoms with van der Waals surface area (Å²) in [4.78, 5) is 21.8. The van der Waals surface area contributed by atoms with Gasteiger partial charge in [-0.25, -0.2) is 0 Å². The van der Waals surface area contributed by atoms with Gasteiger partial charge in [0, 0.05) is 19.4 Å². The molecule has 174 valence electrons. The van der Waals surface area contributed by atoms with Gasteiger partial charge in [0.25, 0.3) is 0 Å². The van der Waals surface area contributed by atoms with E-state index in [4.69, 9.17) is 5.11 Å². The van der Waals surface area contributed by atoms with Gasteiger partial charge < -0.3 is 20.0 Å². The highest BCUT2D eigenvalue weighted by Gasteiger charge is 2.16. The summed E-state index contributed by atoms with van der Waals surface area (Å²) in [5, 5.41) is 12.0. The molecule has 1 atom stereocenters. The zero-order valence-corrected chi connectivity index (χ0v) is 19.7. The van der Waals surface area contributed by atoms with Crippen LogP contribution in [0.2, 0.25) is 0 Å². The molecule has 0 aliphatic carbocycles. The van der Waals surface area contributed by atoms with Crippen LogP contribution in [0.25, 0.3) is 0 Å². The number of rotatable bonds is 16. The van der Waals surface area contributed by atoms with Crippen molar-refractivity contribution in [3.05, 3.63) is 0 Å². The Bertz CT molecular complexity index is 319. The van der Waals surface area contributed by atoms with Gasteiger partial charge in [-0.1, -0.05) is 64.7 Å². The molecule has 0 radical (unpaired) electrons. The predicted octanol–water partition coefficient (Wildman–Crippen LogP) is 5.10. The number of carbonyl (C=O) groups excluding carboxylic acids is 2. The number of nitrogens with zero attached hydrogens (tertiary/aromatic N) is 1. The largest absolute Gasteiger partial charge is 0.378 e. The number of carbonyl (C=O) groups is 2. The zero-order valence-electron chi connectivity index (χ0n) is 19.7. The van der Waals surface area contributed by atoms with Crippen LogP contribution >= 0.6 is 0 Å². The molecule has 0 amide bonds. The fourth-order valence-corrected chi connectivity index (χ4v) is 3.14. The summed E-state index contributed by atoms with van der Waals surface area (Å²) in [7, 11) is 3.89. The van der Waals surface area contributed by atoms with Crippen LogP contribution in [0.3, 0.4) is 0 Å². The summed E-state index contributed by atoms with van der Waals surface area (Å²) in [6, 6.07) is 0. The number of hydrogen-bond donors (Lipinski definition) is 2. The lowest BCUT2D eigenvalue weighted by Gasteiger charge is -2.10. The third kappa shape index (κ3) is 27.2. The molecule has 0 aromatic carbocycles. The lowest BCUT2D eigenvalue weighted by atomic mass is 10.1. The summed E-state index contributed by atoms with van der Waals surface area (Å²) in [6.45, 7) is 4.37. The molecule has 1 unspecified atom stereocenters. The molecule has 29 heavy (non-hydrogen) atoms. The van der Waals surface area contributed by atoms with E-state index in [0.29, 0.717) is 0 Å². The standard InChI is InChI=1S/C12H24O.C7H15NO.C5H11NO/c1-2-3-4-5-6-7-8-9-10-11-12-13;1-8-6-4-2-3-5-7-9;1-6-4-2-3-5(6)7/h12H,2-11H2,1H3;7-8H,2-6H2,1H3;5,7H,2-4H2,1H3. The fourth-order valence-electron chi connectivity index (χ4n) is 3.14. The average molecular weight is 415 g/mol. The van der Waals surface area contributed by atoms with Crippen LogP contribution in [-0.4, -0.2) is 56.0 Å². The second-order valence-electron chi connectivity index (χ2n) is 8.01. The third-order valence-electron chi connectivity index (χ3n) is 5.16. The lowest BCUT2D eigenvalue weighted by molar-refractivity contribution is -0.108. The van der Waals surface area contributed by atoms with Gasteiger partial charge >= 0.3 is 0 Å². The van der Waals surface area contributed by atoms with Crippen LogP contribution in [0.5, 0.6) is 0 Å². The Hall–Kier alpha value is -0.780. The van der Waals surface area contributed by atoms with Crippen LogP contribution in [0.1, 0.15) is 110 Å². The molecule has 1 saturated heterocycles. The molecule has 0 bridgehead atoms. The van der Waals surface area contributed by atoms with Crippen LogP contribution in [0, 0.1) is 0 Å². The number of aliphatic hydroxyl groups excluding tert-OH is 1. The molecule has 0 aromatic rings. The smallest absolute Gasteiger partial charge is 0.119 e. The number of unbranched alkanes of at least 4 members (excludes halogenated alkanes) is 12. The number of likely N-dealkylation sites (tertiary alicyclic amines) is 1. The minimum atomic E-state index is -0.153. The van der Waals surface area contributed by atoms with E-state index >= 15 is 0 Å². The summed E-state index contributed by atoms with van der Waals surface area (Å²) in [6.07, 6.45) is 20.8. The van der Waals surface area contributed by atoms with Crippen molar-refractivity contribution in [1.82, 2.24) is 10.2 Å². The molecule has 1 aliphatic heterocycles. The summed E-state index contributed by atoms with van der Waals surface area (Å²) < 4.78 is 0. The minimum Gasteiger partial charge on any atom is -0.378 e. The molecular formula is C24H50N2O3. The van der Waals surface area contributed by atoms with Crippen molar-refractivity contribution in [2.24, 2.45) is 0 Å². The number of hydrogen-bond acceptors (Lipinski definition) is 5. The van der Waals surface area contributed by atoms with Gasteiger partial charge in [-0.05, 0) is 52.7 Å². The molecule has 1 heterocycles. The van der Waals surface area contributed by atoms with E-state index in [1.807, 2.05) is 19.0 Å². The van der Waals surface area contributed by atoms with Crippen LogP contribution in [0.4, 0.5) is 0 Å². The van der Waals surface area contributed by atoms with Crippen molar-refractivity contribution >= 4 is 12.6 Å². The second kappa shape index (κ2) is 27.2. The van der Waals surface area contributed by atoms with Gasteiger partial charge in [0.2, 0.25) is 0 Å². The van der Waals surface area contributed by atoms with Crippen LogP contribution in [-0.2, 0) is 9.59 Å². The zero-order chi connectivity index (χ0) is 22.0. The Kier molecular flexibility index (Phi) is 28.5. The first-order chi connectivity index (χ1) is 14.1. The number of aliphatic hydroxyl groups is 1. The lowest BCUT2D eigenvalue weighted by Crippen LogP contribution is -2.23. The topological polar surface area (TPSA) is 69.6 Å². The maximum absolute atomic E-state index is 10.0. The van der Waals surface area contributed by atoms with E-state index in [2.05, 4.69) is 12.2 Å². The van der Waals surface area contributed by atoms with Crippen molar-refractivity contribution in [1.29, 1.82) is 0 Å². The monoisotopic (exact) mass is 414 g/mol. The third-order valence-corrected chi connectivity index (χ3v) is 5.16. The Labute approximate surface area is 181 Å². The molecule has 5 nitrogen and oxygen atoms in total. The van der Waals surface area contributed by atoms with Crippen molar-refractivity contribution < 1.29 is 14.7 Å². The van der Waals surface area contributed by atoms with Gasteiger partial charge in [0.1, 0.15) is 18.8 Å². The Morgan fingerprint density at radius 1 is 0.862 bits per heavy atom. The predicted molar refractivity (Wildman–Crippen MR) is 124 cm³/mol. The molecule has 1 aliphatic rings. The molecule has 0 spiro atoms. The summed E-state index contributed by atoms with van der Waals surface area (Å²) in [5.41, 5.74) is 0. The highest BCUT2D eigenvalue weighted by Crippen LogP contribution is 2.10. The van der Waals surface area contributed by atoms with Gasteiger partial charge in [-0.3, -0.25) is 4.90 Å². The average Bonchev–Trinajstić information content (AvgIpc) is 3.10. The number of nitrogens with one attached hydrogen (secondary N) is 1. The Morgan fingerprint density at radius 2 is 1.34 bits per heavy atom. The van der Waals surface area contributed by atoms with Crippen molar-refractivity contribution in [3.8, 4) is 0 Å². The molecular weight excluding hydrogens is 364 g/mol. The fraction of sp³-hybridized carbons (Fsp3) is 0.917. The SMILES string of the molecule is CCCCCCCCCCCC=O.CN1CCCC1O.CNCCCCCC=O. The molecule has 5 heteroatoms. The van der Waals surface area contributed by atoms with Gasteiger partial charge in [0.05, 0.1) is 0 Å². The molecule has 0 aromatic heterocycles. The van der Waals surface area contributed by atoms with E-state index in [1.54, 1.807) is 0 Å². The highest BCUT2D eigenvalue weighted by molar-refractivity contribution is 5.49. The van der Waals surface area contributed by atoms with Crippen molar-refractivity contribution in [2.45, 2.75) is 116 Å².